The second-order valence-electron chi connectivity index (χ2n) is 13.2. The average Bonchev–Trinajstić information content (AvgIpc) is 2.85. The van der Waals surface area contributed by atoms with E-state index < -0.39 is 16.6 Å². The molecule has 0 N–H and O–H groups in total. The van der Waals surface area contributed by atoms with E-state index in [4.69, 9.17) is 8.85 Å². The molecule has 7 atom stereocenters. The van der Waals surface area contributed by atoms with E-state index >= 15 is 0 Å². The number of carbonyl (C=O) groups is 1. The van der Waals surface area contributed by atoms with Crippen molar-refractivity contribution in [1.29, 1.82) is 0 Å². The van der Waals surface area contributed by atoms with E-state index in [1.54, 1.807) is 0 Å². The molecule has 0 aromatic rings. The van der Waals surface area contributed by atoms with Crippen LogP contribution in [0.3, 0.4) is 0 Å². The smallest absolute Gasteiger partial charge is 0.184 e. The normalized spacial score (nSPS) is 44.2. The number of rotatable bonds is 4. The van der Waals surface area contributed by atoms with Crippen molar-refractivity contribution in [3.05, 3.63) is 11.6 Å². The standard InChI is InChI=1S/C25H44O3Si2/c1-24-13-11-18(26)15-17(24)9-10-19-20(24)12-14-25(2)21(19)16-22(27-29(3,4)5)23(25)28-30(6,7)8/h15,19-23H,9-14,16H2,1-8H3. The van der Waals surface area contributed by atoms with Crippen LogP contribution in [0.4, 0.5) is 0 Å². The lowest BCUT2D eigenvalue weighted by Gasteiger charge is -2.58. The first kappa shape index (κ1) is 22.9. The van der Waals surface area contributed by atoms with Gasteiger partial charge in [0.15, 0.2) is 22.4 Å². The summed E-state index contributed by atoms with van der Waals surface area (Å²) in [5, 5.41) is 0. The Morgan fingerprint density at radius 3 is 2.20 bits per heavy atom. The van der Waals surface area contributed by atoms with Crippen LogP contribution in [0, 0.1) is 28.6 Å². The van der Waals surface area contributed by atoms with Gasteiger partial charge in [0.2, 0.25) is 0 Å². The van der Waals surface area contributed by atoms with Gasteiger partial charge in [0.05, 0.1) is 12.2 Å². The average molecular weight is 449 g/mol. The van der Waals surface area contributed by atoms with E-state index in [0.717, 1.165) is 31.1 Å². The lowest BCUT2D eigenvalue weighted by atomic mass is 9.47. The van der Waals surface area contributed by atoms with Crippen LogP contribution in [0.2, 0.25) is 39.3 Å². The molecule has 0 bridgehead atoms. The lowest BCUT2D eigenvalue weighted by Crippen LogP contribution is -2.53. The summed E-state index contributed by atoms with van der Waals surface area (Å²) < 4.78 is 13.8. The maximum absolute atomic E-state index is 12.1. The molecule has 0 radical (unpaired) electrons. The first-order valence-electron chi connectivity index (χ1n) is 12.3. The second kappa shape index (κ2) is 7.39. The van der Waals surface area contributed by atoms with Gasteiger partial charge in [0.25, 0.3) is 0 Å². The summed E-state index contributed by atoms with van der Waals surface area (Å²) in [6.07, 6.45) is 10.4. The van der Waals surface area contributed by atoms with Crippen LogP contribution in [0.1, 0.15) is 58.8 Å². The number of hydrogen-bond donors (Lipinski definition) is 0. The van der Waals surface area contributed by atoms with Gasteiger partial charge >= 0.3 is 0 Å². The van der Waals surface area contributed by atoms with Crippen molar-refractivity contribution in [3.63, 3.8) is 0 Å². The Labute approximate surface area is 186 Å². The summed E-state index contributed by atoms with van der Waals surface area (Å²) >= 11 is 0. The van der Waals surface area contributed by atoms with Gasteiger partial charge in [0, 0.05) is 6.42 Å². The monoisotopic (exact) mass is 448 g/mol. The highest BCUT2D eigenvalue weighted by Crippen LogP contribution is 2.66. The van der Waals surface area contributed by atoms with Crippen LogP contribution in [0.15, 0.2) is 11.6 Å². The highest BCUT2D eigenvalue weighted by atomic mass is 28.4. The van der Waals surface area contributed by atoms with Gasteiger partial charge in [-0.15, -0.1) is 0 Å². The van der Waals surface area contributed by atoms with E-state index in [9.17, 15) is 4.79 Å². The number of carbonyl (C=O) groups excluding carboxylic acids is 1. The quantitative estimate of drug-likeness (QED) is 0.456. The molecule has 4 aliphatic rings. The molecular weight excluding hydrogens is 404 g/mol. The number of fused-ring (bicyclic) bond motifs is 5. The zero-order valence-corrected chi connectivity index (χ0v) is 22.6. The molecule has 0 heterocycles. The van der Waals surface area contributed by atoms with E-state index in [2.05, 4.69) is 53.1 Å². The molecule has 170 valence electrons. The summed E-state index contributed by atoms with van der Waals surface area (Å²) in [4.78, 5) is 12.1. The first-order valence-corrected chi connectivity index (χ1v) is 19.1. The molecule has 0 saturated heterocycles. The zero-order chi connectivity index (χ0) is 22.1. The third-order valence-electron chi connectivity index (χ3n) is 8.86. The fourth-order valence-electron chi connectivity index (χ4n) is 7.66. The molecule has 0 spiro atoms. The second-order valence-corrected chi connectivity index (χ2v) is 22.1. The summed E-state index contributed by atoms with van der Waals surface area (Å²) in [5.74, 6) is 2.52. The van der Waals surface area contributed by atoms with Crippen LogP contribution in [-0.4, -0.2) is 34.6 Å². The van der Waals surface area contributed by atoms with Gasteiger partial charge in [0.1, 0.15) is 0 Å². The molecule has 0 amide bonds. The molecular formula is C25H44O3Si2. The van der Waals surface area contributed by atoms with Gasteiger partial charge in [-0.1, -0.05) is 19.4 Å². The van der Waals surface area contributed by atoms with Crippen molar-refractivity contribution in [1.82, 2.24) is 0 Å². The Morgan fingerprint density at radius 2 is 1.57 bits per heavy atom. The summed E-state index contributed by atoms with van der Waals surface area (Å²) in [7, 11) is -3.31. The molecule has 3 fully saturated rings. The van der Waals surface area contributed by atoms with Crippen molar-refractivity contribution in [2.75, 3.05) is 0 Å². The van der Waals surface area contributed by atoms with Crippen molar-refractivity contribution >= 4 is 22.4 Å². The maximum Gasteiger partial charge on any atom is 0.184 e. The lowest BCUT2D eigenvalue weighted by molar-refractivity contribution is -0.118. The minimum absolute atomic E-state index is 0.230. The Bertz CT molecular complexity index is 734. The predicted molar refractivity (Wildman–Crippen MR) is 129 cm³/mol. The van der Waals surface area contributed by atoms with E-state index in [-0.39, 0.29) is 23.0 Å². The van der Waals surface area contributed by atoms with Gasteiger partial charge in [-0.05, 0) is 112 Å². The van der Waals surface area contributed by atoms with Crippen molar-refractivity contribution in [3.8, 4) is 0 Å². The molecule has 5 heteroatoms. The molecule has 0 aromatic heterocycles. The topological polar surface area (TPSA) is 35.5 Å². The largest absolute Gasteiger partial charge is 0.412 e. The summed E-state index contributed by atoms with van der Waals surface area (Å²) in [6, 6.07) is 0. The van der Waals surface area contributed by atoms with Gasteiger partial charge in [-0.2, -0.15) is 0 Å². The van der Waals surface area contributed by atoms with Crippen LogP contribution in [-0.2, 0) is 13.6 Å². The van der Waals surface area contributed by atoms with Gasteiger partial charge < -0.3 is 8.85 Å². The van der Waals surface area contributed by atoms with Crippen molar-refractivity contribution < 1.29 is 13.6 Å². The molecule has 30 heavy (non-hydrogen) atoms. The van der Waals surface area contributed by atoms with Crippen molar-refractivity contribution in [2.24, 2.45) is 28.6 Å². The predicted octanol–water partition coefficient (Wildman–Crippen LogP) is 6.57. The van der Waals surface area contributed by atoms with E-state index in [0.29, 0.717) is 11.7 Å². The molecule has 0 aliphatic heterocycles. The molecule has 4 aliphatic carbocycles. The van der Waals surface area contributed by atoms with Gasteiger partial charge in [-0.25, -0.2) is 0 Å². The summed E-state index contributed by atoms with van der Waals surface area (Å²) in [5.41, 5.74) is 1.94. The maximum atomic E-state index is 12.1. The molecule has 7 unspecified atom stereocenters. The van der Waals surface area contributed by atoms with E-state index in [1.165, 1.54) is 31.3 Å². The van der Waals surface area contributed by atoms with Gasteiger partial charge in [-0.3, -0.25) is 4.79 Å². The van der Waals surface area contributed by atoms with Crippen LogP contribution < -0.4 is 0 Å². The Morgan fingerprint density at radius 1 is 0.900 bits per heavy atom. The Kier molecular flexibility index (Phi) is 5.65. The highest BCUT2D eigenvalue weighted by molar-refractivity contribution is 6.70. The third-order valence-corrected chi connectivity index (χ3v) is 10.8. The molecule has 3 saturated carbocycles. The fraction of sp³-hybridized carbons (Fsp3) is 0.880. The SMILES string of the molecule is CC12CCC(=O)C=C1CCC1C2CCC2(C)C1CC(O[Si](C)(C)C)C2O[Si](C)(C)C. The summed E-state index contributed by atoms with van der Waals surface area (Å²) in [6.45, 7) is 19.0. The molecule has 4 rings (SSSR count). The number of hydrogen-bond acceptors (Lipinski definition) is 3. The highest BCUT2D eigenvalue weighted by Gasteiger charge is 2.62. The minimum atomic E-state index is -1.67. The number of ketones is 1. The van der Waals surface area contributed by atoms with Crippen LogP contribution >= 0.6 is 0 Å². The third kappa shape index (κ3) is 3.97. The number of allylic oxidation sites excluding steroid dienone is 1. The zero-order valence-electron chi connectivity index (χ0n) is 20.6. The minimum Gasteiger partial charge on any atom is -0.412 e. The molecule has 0 aromatic carbocycles. The first-order chi connectivity index (χ1) is 13.7. The van der Waals surface area contributed by atoms with E-state index in [1.807, 2.05) is 6.08 Å². The fourth-order valence-corrected chi connectivity index (χ4v) is 9.97. The van der Waals surface area contributed by atoms with Crippen LogP contribution in [0.25, 0.3) is 0 Å². The van der Waals surface area contributed by atoms with Crippen molar-refractivity contribution in [2.45, 2.75) is 110 Å². The Balaban J connectivity index is 1.66. The Hall–Kier alpha value is -0.236. The molecule has 3 nitrogen and oxygen atoms in total. The van der Waals surface area contributed by atoms with Crippen LogP contribution in [0.5, 0.6) is 0 Å².